The first kappa shape index (κ1) is 21.1. The van der Waals surface area contributed by atoms with Gasteiger partial charge in [0.2, 0.25) is 5.91 Å². The third kappa shape index (κ3) is 4.66. The molecule has 3 rings (SSSR count). The zero-order chi connectivity index (χ0) is 21.7. The molecule has 2 aromatic rings. The Morgan fingerprint density at radius 2 is 1.80 bits per heavy atom. The van der Waals surface area contributed by atoms with Crippen molar-refractivity contribution in [2.24, 2.45) is 5.92 Å². The summed E-state index contributed by atoms with van der Waals surface area (Å²) < 4.78 is 5.31. The first-order valence-electron chi connectivity index (χ1n) is 9.75. The van der Waals surface area contributed by atoms with Crippen molar-refractivity contribution < 1.29 is 19.1 Å². The first-order chi connectivity index (χ1) is 14.4. The van der Waals surface area contributed by atoms with E-state index in [0.717, 1.165) is 5.56 Å². The minimum Gasteiger partial charge on any atom is -0.452 e. The number of carbonyl (C=O) groups excluding carboxylic acids is 3. The normalized spacial score (nSPS) is 17.7. The molecular formula is C23H23N3O4. The lowest BCUT2D eigenvalue weighted by Gasteiger charge is -2.25. The SMILES string of the molecule is C[C@H](OC(=O)[C@H]1CC(=O)N([C@H](C)c2ccccc2)C1)C(=O)Nc1ccccc1C#N. The highest BCUT2D eigenvalue weighted by atomic mass is 16.5. The van der Waals surface area contributed by atoms with Crippen molar-refractivity contribution in [1.29, 1.82) is 5.26 Å². The quantitative estimate of drug-likeness (QED) is 0.745. The van der Waals surface area contributed by atoms with E-state index in [1.54, 1.807) is 29.2 Å². The maximum Gasteiger partial charge on any atom is 0.312 e. The highest BCUT2D eigenvalue weighted by Crippen LogP contribution is 2.29. The largest absolute Gasteiger partial charge is 0.452 e. The molecule has 0 radical (unpaired) electrons. The lowest BCUT2D eigenvalue weighted by Crippen LogP contribution is -2.34. The minimum atomic E-state index is -1.06. The van der Waals surface area contributed by atoms with Crippen LogP contribution in [0.3, 0.4) is 0 Å². The van der Waals surface area contributed by atoms with Crippen molar-refractivity contribution in [2.45, 2.75) is 32.4 Å². The van der Waals surface area contributed by atoms with Gasteiger partial charge in [-0.15, -0.1) is 0 Å². The number of para-hydroxylation sites is 1. The van der Waals surface area contributed by atoms with Crippen LogP contribution in [0.1, 0.15) is 37.4 Å². The van der Waals surface area contributed by atoms with Gasteiger partial charge in [0.1, 0.15) is 6.07 Å². The number of amides is 2. The number of nitrogens with one attached hydrogen (secondary N) is 1. The highest BCUT2D eigenvalue weighted by Gasteiger charge is 2.38. The van der Waals surface area contributed by atoms with E-state index < -0.39 is 23.9 Å². The molecule has 1 aliphatic heterocycles. The summed E-state index contributed by atoms with van der Waals surface area (Å²) in [6.07, 6.45) is -0.998. The second-order valence-corrected chi connectivity index (χ2v) is 7.26. The Kier molecular flexibility index (Phi) is 6.48. The standard InChI is InChI=1S/C23H23N3O4/c1-15(17-8-4-3-5-9-17)26-14-19(12-21(26)27)23(29)30-16(2)22(28)25-20-11-7-6-10-18(20)13-24/h3-11,15-16,19H,12,14H2,1-2H3,(H,25,28)/t15-,16+,19+/m1/s1. The van der Waals surface area contributed by atoms with Crippen molar-refractivity contribution in [3.05, 3.63) is 65.7 Å². The number of esters is 1. The summed E-state index contributed by atoms with van der Waals surface area (Å²) in [6.45, 7) is 3.63. The third-order valence-corrected chi connectivity index (χ3v) is 5.21. The molecule has 1 N–H and O–H groups in total. The number of nitrogens with zero attached hydrogens (tertiary/aromatic N) is 2. The maximum atomic E-state index is 12.6. The zero-order valence-corrected chi connectivity index (χ0v) is 16.9. The molecule has 1 aliphatic rings. The van der Waals surface area contributed by atoms with Crippen molar-refractivity contribution in [3.63, 3.8) is 0 Å². The molecule has 2 amide bonds. The Bertz CT molecular complexity index is 983. The van der Waals surface area contributed by atoms with Gasteiger partial charge in [0.15, 0.2) is 6.10 Å². The van der Waals surface area contributed by atoms with E-state index in [-0.39, 0.29) is 24.9 Å². The van der Waals surface area contributed by atoms with Crippen LogP contribution in [0.5, 0.6) is 0 Å². The van der Waals surface area contributed by atoms with Crippen LogP contribution in [0.25, 0.3) is 0 Å². The summed E-state index contributed by atoms with van der Waals surface area (Å²) in [5.74, 6) is -1.86. The van der Waals surface area contributed by atoms with Gasteiger partial charge in [-0.3, -0.25) is 14.4 Å². The van der Waals surface area contributed by atoms with Gasteiger partial charge >= 0.3 is 5.97 Å². The zero-order valence-electron chi connectivity index (χ0n) is 16.9. The average molecular weight is 405 g/mol. The number of ether oxygens (including phenoxy) is 1. The second kappa shape index (κ2) is 9.23. The number of hydrogen-bond donors (Lipinski definition) is 1. The number of benzene rings is 2. The van der Waals surface area contributed by atoms with Gasteiger partial charge in [-0.2, -0.15) is 5.26 Å². The Labute approximate surface area is 175 Å². The molecule has 0 spiro atoms. The highest BCUT2D eigenvalue weighted by molar-refractivity contribution is 5.96. The van der Waals surface area contributed by atoms with Gasteiger partial charge in [-0.25, -0.2) is 0 Å². The molecular weight excluding hydrogens is 382 g/mol. The van der Waals surface area contributed by atoms with Crippen LogP contribution in [0, 0.1) is 17.2 Å². The van der Waals surface area contributed by atoms with Gasteiger partial charge in [0.05, 0.1) is 23.2 Å². The summed E-state index contributed by atoms with van der Waals surface area (Å²) >= 11 is 0. The van der Waals surface area contributed by atoms with Crippen LogP contribution in [-0.2, 0) is 19.1 Å². The van der Waals surface area contributed by atoms with Crippen molar-refractivity contribution in [1.82, 2.24) is 4.90 Å². The molecule has 30 heavy (non-hydrogen) atoms. The van der Waals surface area contributed by atoms with Gasteiger partial charge in [-0.05, 0) is 31.5 Å². The van der Waals surface area contributed by atoms with E-state index in [9.17, 15) is 14.4 Å². The fourth-order valence-electron chi connectivity index (χ4n) is 3.42. The molecule has 0 unspecified atom stereocenters. The van der Waals surface area contributed by atoms with Gasteiger partial charge in [0.25, 0.3) is 5.91 Å². The summed E-state index contributed by atoms with van der Waals surface area (Å²) in [6, 6.07) is 18.0. The van der Waals surface area contributed by atoms with Crippen LogP contribution >= 0.6 is 0 Å². The summed E-state index contributed by atoms with van der Waals surface area (Å²) in [5.41, 5.74) is 1.66. The molecule has 2 aromatic carbocycles. The number of nitriles is 1. The molecule has 1 fully saturated rings. The molecule has 0 aliphatic carbocycles. The topological polar surface area (TPSA) is 99.5 Å². The maximum absolute atomic E-state index is 12.6. The number of likely N-dealkylation sites (tertiary alicyclic amines) is 1. The smallest absolute Gasteiger partial charge is 0.312 e. The van der Waals surface area contributed by atoms with Crippen molar-refractivity contribution in [3.8, 4) is 6.07 Å². The molecule has 3 atom stereocenters. The predicted octanol–water partition coefficient (Wildman–Crippen LogP) is 3.04. The first-order valence-corrected chi connectivity index (χ1v) is 9.75. The molecule has 0 bridgehead atoms. The summed E-state index contributed by atoms with van der Waals surface area (Å²) in [4.78, 5) is 39.0. The van der Waals surface area contributed by atoms with Crippen LogP contribution in [0.2, 0.25) is 0 Å². The van der Waals surface area contributed by atoms with Gasteiger partial charge in [-0.1, -0.05) is 42.5 Å². The van der Waals surface area contributed by atoms with Crippen LogP contribution < -0.4 is 5.32 Å². The molecule has 7 heteroatoms. The average Bonchev–Trinajstić information content (AvgIpc) is 3.15. The van der Waals surface area contributed by atoms with E-state index in [0.29, 0.717) is 11.3 Å². The minimum absolute atomic E-state index is 0.0572. The van der Waals surface area contributed by atoms with E-state index >= 15 is 0 Å². The molecule has 1 saturated heterocycles. The molecule has 0 aromatic heterocycles. The van der Waals surface area contributed by atoms with E-state index in [1.165, 1.54) is 6.92 Å². The summed E-state index contributed by atoms with van der Waals surface area (Å²) in [7, 11) is 0. The van der Waals surface area contributed by atoms with Gasteiger partial charge in [0, 0.05) is 13.0 Å². The summed E-state index contributed by atoms with van der Waals surface area (Å²) in [5, 5.41) is 11.7. The lowest BCUT2D eigenvalue weighted by molar-refractivity contribution is -0.157. The fourth-order valence-corrected chi connectivity index (χ4v) is 3.42. The predicted molar refractivity (Wildman–Crippen MR) is 110 cm³/mol. The molecule has 154 valence electrons. The number of hydrogen-bond acceptors (Lipinski definition) is 5. The van der Waals surface area contributed by atoms with Crippen LogP contribution in [-0.4, -0.2) is 35.3 Å². The molecule has 1 heterocycles. The van der Waals surface area contributed by atoms with Crippen molar-refractivity contribution >= 4 is 23.5 Å². The van der Waals surface area contributed by atoms with Gasteiger partial charge < -0.3 is 15.0 Å². The van der Waals surface area contributed by atoms with Crippen molar-refractivity contribution in [2.75, 3.05) is 11.9 Å². The van der Waals surface area contributed by atoms with Crippen LogP contribution in [0.4, 0.5) is 5.69 Å². The van der Waals surface area contributed by atoms with E-state index in [2.05, 4.69) is 5.32 Å². The Morgan fingerprint density at radius 3 is 2.50 bits per heavy atom. The third-order valence-electron chi connectivity index (χ3n) is 5.21. The monoisotopic (exact) mass is 405 g/mol. The second-order valence-electron chi connectivity index (χ2n) is 7.26. The van der Waals surface area contributed by atoms with E-state index in [4.69, 9.17) is 10.00 Å². The number of rotatable bonds is 6. The Hall–Kier alpha value is -3.66. The van der Waals surface area contributed by atoms with Crippen LogP contribution in [0.15, 0.2) is 54.6 Å². The van der Waals surface area contributed by atoms with E-state index in [1.807, 2.05) is 43.3 Å². The number of anilines is 1. The number of carbonyl (C=O) groups is 3. The molecule has 0 saturated carbocycles. The Morgan fingerprint density at radius 1 is 1.13 bits per heavy atom. The molecule has 7 nitrogen and oxygen atoms in total. The lowest BCUT2D eigenvalue weighted by atomic mass is 10.1. The fraction of sp³-hybridized carbons (Fsp3) is 0.304. The Balaban J connectivity index is 1.58.